The Morgan fingerprint density at radius 3 is 2.69 bits per heavy atom. The topological polar surface area (TPSA) is 97.1 Å². The molecule has 2 amide bonds. The zero-order valence-electron chi connectivity index (χ0n) is 9.40. The molecule has 0 saturated carbocycles. The first-order chi connectivity index (χ1) is 7.54. The van der Waals surface area contributed by atoms with Crippen molar-refractivity contribution in [3.63, 3.8) is 0 Å². The fourth-order valence-corrected chi connectivity index (χ4v) is 0.895. The molecule has 0 aliphatic carbocycles. The predicted molar refractivity (Wildman–Crippen MR) is 54.4 cm³/mol. The van der Waals surface area contributed by atoms with E-state index in [1.54, 1.807) is 13.8 Å². The predicted octanol–water partition coefficient (Wildman–Crippen LogP) is -0.299. The molecule has 0 aromatic carbocycles. The van der Waals surface area contributed by atoms with E-state index in [0.29, 0.717) is 0 Å². The van der Waals surface area contributed by atoms with Gasteiger partial charge in [-0.15, -0.1) is 0 Å². The number of aromatic nitrogens is 2. The Morgan fingerprint density at radius 1 is 1.44 bits per heavy atom. The molecule has 0 saturated heterocycles. The van der Waals surface area contributed by atoms with Crippen LogP contribution in [-0.4, -0.2) is 29.0 Å². The Hall–Kier alpha value is -1.92. The summed E-state index contributed by atoms with van der Waals surface area (Å²) < 4.78 is 4.69. The van der Waals surface area contributed by atoms with Gasteiger partial charge in [-0.1, -0.05) is 19.0 Å². The molecule has 0 aliphatic rings. The average molecular weight is 226 g/mol. The fraction of sp³-hybridized carbons (Fsp3) is 0.556. The van der Waals surface area contributed by atoms with E-state index in [9.17, 15) is 9.59 Å². The highest BCUT2D eigenvalue weighted by molar-refractivity contribution is 5.89. The summed E-state index contributed by atoms with van der Waals surface area (Å²) in [5, 5.41) is 8.52. The van der Waals surface area contributed by atoms with Crippen LogP contribution in [-0.2, 0) is 11.3 Å². The molecular weight excluding hydrogens is 212 g/mol. The van der Waals surface area contributed by atoms with Gasteiger partial charge in [0.05, 0.1) is 6.54 Å². The van der Waals surface area contributed by atoms with Gasteiger partial charge in [-0.3, -0.25) is 9.59 Å². The molecule has 1 aromatic rings. The summed E-state index contributed by atoms with van der Waals surface area (Å²) >= 11 is 0. The van der Waals surface area contributed by atoms with E-state index in [1.165, 1.54) is 7.05 Å². The van der Waals surface area contributed by atoms with Gasteiger partial charge in [0.1, 0.15) is 0 Å². The molecule has 0 radical (unpaired) electrons. The molecular formula is C9H14N4O3. The normalized spacial score (nSPS) is 10.2. The maximum atomic E-state index is 11.2. The lowest BCUT2D eigenvalue weighted by molar-refractivity contribution is -0.124. The molecule has 1 heterocycles. The van der Waals surface area contributed by atoms with Crippen molar-refractivity contribution in [2.24, 2.45) is 5.92 Å². The van der Waals surface area contributed by atoms with E-state index >= 15 is 0 Å². The number of nitrogens with zero attached hydrogens (tertiary/aromatic N) is 2. The van der Waals surface area contributed by atoms with Crippen molar-refractivity contribution in [2.75, 3.05) is 7.05 Å². The van der Waals surface area contributed by atoms with Crippen LogP contribution < -0.4 is 10.6 Å². The Bertz CT molecular complexity index is 386. The Morgan fingerprint density at radius 2 is 2.12 bits per heavy atom. The van der Waals surface area contributed by atoms with Crippen molar-refractivity contribution in [3.8, 4) is 0 Å². The van der Waals surface area contributed by atoms with Crippen LogP contribution in [0.15, 0.2) is 4.52 Å². The van der Waals surface area contributed by atoms with Gasteiger partial charge >= 0.3 is 11.8 Å². The van der Waals surface area contributed by atoms with Crippen molar-refractivity contribution < 1.29 is 14.1 Å². The van der Waals surface area contributed by atoms with Gasteiger partial charge in [0.15, 0.2) is 5.82 Å². The van der Waals surface area contributed by atoms with Gasteiger partial charge in [-0.05, 0) is 0 Å². The number of amides is 2. The minimum absolute atomic E-state index is 0.105. The molecule has 7 heteroatoms. The molecule has 88 valence electrons. The molecule has 1 rings (SSSR count). The van der Waals surface area contributed by atoms with E-state index in [-0.39, 0.29) is 30.1 Å². The lowest BCUT2D eigenvalue weighted by atomic mass is 10.2. The highest BCUT2D eigenvalue weighted by Gasteiger charge is 2.14. The second-order valence-electron chi connectivity index (χ2n) is 3.47. The monoisotopic (exact) mass is 226 g/mol. The van der Waals surface area contributed by atoms with Crippen molar-refractivity contribution in [3.05, 3.63) is 11.7 Å². The van der Waals surface area contributed by atoms with E-state index in [4.69, 9.17) is 0 Å². The molecule has 0 unspecified atom stereocenters. The molecule has 0 bridgehead atoms. The molecule has 0 fully saturated rings. The van der Waals surface area contributed by atoms with Crippen LogP contribution in [0, 0.1) is 5.92 Å². The molecule has 0 aliphatic heterocycles. The quantitative estimate of drug-likeness (QED) is 0.734. The maximum absolute atomic E-state index is 11.2. The number of carbonyl (C=O) groups is 2. The van der Waals surface area contributed by atoms with Crippen LogP contribution in [0.5, 0.6) is 0 Å². The third-order valence-corrected chi connectivity index (χ3v) is 1.83. The van der Waals surface area contributed by atoms with Crippen LogP contribution in [0.1, 0.15) is 30.4 Å². The number of nitrogens with one attached hydrogen (secondary N) is 2. The first kappa shape index (κ1) is 12.2. The summed E-state index contributed by atoms with van der Waals surface area (Å²) in [6.45, 7) is 3.71. The second kappa shape index (κ2) is 5.24. The number of carbonyl (C=O) groups excluding carboxylic acids is 2. The van der Waals surface area contributed by atoms with E-state index in [1.807, 2.05) is 0 Å². The van der Waals surface area contributed by atoms with Crippen LogP contribution >= 0.6 is 0 Å². The van der Waals surface area contributed by atoms with Crippen molar-refractivity contribution in [1.82, 2.24) is 20.8 Å². The molecule has 1 aromatic heterocycles. The number of hydrogen-bond acceptors (Lipinski definition) is 5. The van der Waals surface area contributed by atoms with Crippen molar-refractivity contribution >= 4 is 11.8 Å². The van der Waals surface area contributed by atoms with Gasteiger partial charge in [0.25, 0.3) is 0 Å². The summed E-state index contributed by atoms with van der Waals surface area (Å²) in [6, 6.07) is 0. The summed E-state index contributed by atoms with van der Waals surface area (Å²) in [6.07, 6.45) is 0. The molecule has 2 N–H and O–H groups in total. The average Bonchev–Trinajstić information content (AvgIpc) is 2.73. The van der Waals surface area contributed by atoms with Gasteiger partial charge in [0, 0.05) is 13.0 Å². The minimum atomic E-state index is -0.450. The molecule has 7 nitrogen and oxygen atoms in total. The largest absolute Gasteiger partial charge is 0.351 e. The van der Waals surface area contributed by atoms with Crippen molar-refractivity contribution in [2.45, 2.75) is 20.4 Å². The van der Waals surface area contributed by atoms with Gasteiger partial charge in [-0.2, -0.15) is 4.98 Å². The first-order valence-electron chi connectivity index (χ1n) is 4.87. The highest BCUT2D eigenvalue weighted by atomic mass is 16.5. The standard InChI is InChI=1S/C9H14N4O3/c1-5(2)7(14)11-4-6-12-9(16-13-6)8(15)10-3/h5H,4H2,1-3H3,(H,10,15)(H,11,14). The SMILES string of the molecule is CNC(=O)c1nc(CNC(=O)C(C)C)no1. The Kier molecular flexibility index (Phi) is 3.98. The van der Waals surface area contributed by atoms with Gasteiger partial charge < -0.3 is 15.2 Å². The van der Waals surface area contributed by atoms with Gasteiger partial charge in [0.2, 0.25) is 5.91 Å². The summed E-state index contributed by atoms with van der Waals surface area (Å²) in [4.78, 5) is 26.1. The zero-order valence-corrected chi connectivity index (χ0v) is 9.40. The van der Waals surface area contributed by atoms with Crippen LogP contribution in [0.3, 0.4) is 0 Å². The third-order valence-electron chi connectivity index (χ3n) is 1.83. The zero-order chi connectivity index (χ0) is 12.1. The lowest BCUT2D eigenvalue weighted by Gasteiger charge is -2.03. The van der Waals surface area contributed by atoms with Crippen LogP contribution in [0.4, 0.5) is 0 Å². The summed E-state index contributed by atoms with van der Waals surface area (Å²) in [5.74, 6) is -0.505. The summed E-state index contributed by atoms with van der Waals surface area (Å²) in [7, 11) is 1.47. The van der Waals surface area contributed by atoms with Crippen LogP contribution in [0.25, 0.3) is 0 Å². The smallest absolute Gasteiger partial charge is 0.315 e. The first-order valence-corrected chi connectivity index (χ1v) is 4.87. The molecule has 0 spiro atoms. The van der Waals surface area contributed by atoms with E-state index < -0.39 is 5.91 Å². The lowest BCUT2D eigenvalue weighted by Crippen LogP contribution is -2.27. The third kappa shape index (κ3) is 3.04. The fourth-order valence-electron chi connectivity index (χ4n) is 0.895. The van der Waals surface area contributed by atoms with Gasteiger partial charge in [-0.25, -0.2) is 0 Å². The number of hydrogen-bond donors (Lipinski definition) is 2. The van der Waals surface area contributed by atoms with E-state index in [2.05, 4.69) is 25.3 Å². The number of rotatable bonds is 4. The second-order valence-corrected chi connectivity index (χ2v) is 3.47. The maximum Gasteiger partial charge on any atom is 0.315 e. The minimum Gasteiger partial charge on any atom is -0.351 e. The van der Waals surface area contributed by atoms with E-state index in [0.717, 1.165) is 0 Å². The Labute approximate surface area is 92.6 Å². The summed E-state index contributed by atoms with van der Waals surface area (Å²) in [5.41, 5.74) is 0. The van der Waals surface area contributed by atoms with Crippen molar-refractivity contribution in [1.29, 1.82) is 0 Å². The Balaban J connectivity index is 2.53. The molecule has 0 atom stereocenters. The molecule has 16 heavy (non-hydrogen) atoms. The van der Waals surface area contributed by atoms with Crippen LogP contribution in [0.2, 0.25) is 0 Å². The highest BCUT2D eigenvalue weighted by Crippen LogP contribution is 1.98.